The number of piperidine rings is 1. The Balaban J connectivity index is 1.76. The van der Waals surface area contributed by atoms with E-state index in [1.807, 2.05) is 32.0 Å². The van der Waals surface area contributed by atoms with Crippen molar-refractivity contribution < 1.29 is 4.79 Å². The largest absolute Gasteiger partial charge is 0.356 e. The number of aromatic nitrogens is 2. The van der Waals surface area contributed by atoms with E-state index in [4.69, 9.17) is 11.6 Å². The summed E-state index contributed by atoms with van der Waals surface area (Å²) in [7, 11) is 0. The Hall–Kier alpha value is -2.18. The van der Waals surface area contributed by atoms with Gasteiger partial charge < -0.3 is 10.2 Å². The molecule has 0 saturated carbocycles. The normalized spacial score (nSPS) is 14.6. The van der Waals surface area contributed by atoms with Crippen molar-refractivity contribution in [3.8, 4) is 0 Å². The number of thiophene rings is 1. The van der Waals surface area contributed by atoms with Gasteiger partial charge >= 0.3 is 0 Å². The summed E-state index contributed by atoms with van der Waals surface area (Å²) in [4.78, 5) is 26.2. The molecule has 1 amide bonds. The lowest BCUT2D eigenvalue weighted by Crippen LogP contribution is -2.30. The molecule has 3 aromatic rings. The van der Waals surface area contributed by atoms with E-state index in [0.717, 1.165) is 52.4 Å². The van der Waals surface area contributed by atoms with Crippen LogP contribution < -0.4 is 10.2 Å². The van der Waals surface area contributed by atoms with Gasteiger partial charge in [-0.2, -0.15) is 0 Å². The Morgan fingerprint density at radius 2 is 1.96 bits per heavy atom. The van der Waals surface area contributed by atoms with E-state index in [0.29, 0.717) is 16.3 Å². The maximum Gasteiger partial charge on any atom is 0.257 e. The average Bonchev–Trinajstić information content (AvgIpc) is 3.00. The zero-order valence-electron chi connectivity index (χ0n) is 15.4. The van der Waals surface area contributed by atoms with E-state index in [2.05, 4.69) is 20.2 Å². The molecule has 5 nitrogen and oxygen atoms in total. The van der Waals surface area contributed by atoms with Gasteiger partial charge in [0.1, 0.15) is 17.0 Å². The third-order valence-corrected chi connectivity index (χ3v) is 6.23. The average molecular weight is 401 g/mol. The van der Waals surface area contributed by atoms with Crippen LogP contribution in [0.25, 0.3) is 10.2 Å². The minimum Gasteiger partial charge on any atom is -0.356 e. The van der Waals surface area contributed by atoms with Crippen LogP contribution in [0.2, 0.25) is 5.02 Å². The fourth-order valence-electron chi connectivity index (χ4n) is 3.55. The van der Waals surface area contributed by atoms with Crippen LogP contribution in [0.3, 0.4) is 0 Å². The molecule has 0 spiro atoms. The molecular weight excluding hydrogens is 380 g/mol. The first-order valence-corrected chi connectivity index (χ1v) is 10.3. The monoisotopic (exact) mass is 400 g/mol. The summed E-state index contributed by atoms with van der Waals surface area (Å²) in [5.74, 6) is 0.696. The fraction of sp³-hybridized carbons (Fsp3) is 0.350. The highest BCUT2D eigenvalue weighted by atomic mass is 35.5. The molecule has 1 aliphatic heterocycles. The summed E-state index contributed by atoms with van der Waals surface area (Å²) >= 11 is 7.83. The first kappa shape index (κ1) is 18.2. The van der Waals surface area contributed by atoms with Crippen LogP contribution in [0.5, 0.6) is 0 Å². The summed E-state index contributed by atoms with van der Waals surface area (Å²) in [6, 6.07) is 5.61. The second kappa shape index (κ2) is 7.44. The molecule has 0 bridgehead atoms. The van der Waals surface area contributed by atoms with E-state index >= 15 is 0 Å². The number of benzene rings is 1. The number of amides is 1. The van der Waals surface area contributed by atoms with Crippen molar-refractivity contribution in [2.45, 2.75) is 33.1 Å². The van der Waals surface area contributed by atoms with Crippen LogP contribution in [0.1, 0.15) is 40.1 Å². The first-order valence-electron chi connectivity index (χ1n) is 9.11. The highest BCUT2D eigenvalue weighted by Crippen LogP contribution is 2.36. The number of rotatable bonds is 3. The molecule has 3 heterocycles. The molecule has 2 aromatic heterocycles. The molecule has 1 fully saturated rings. The Morgan fingerprint density at radius 1 is 1.19 bits per heavy atom. The molecule has 27 heavy (non-hydrogen) atoms. The van der Waals surface area contributed by atoms with Gasteiger partial charge in [0.25, 0.3) is 5.91 Å². The summed E-state index contributed by atoms with van der Waals surface area (Å²) in [6.45, 7) is 5.85. The number of fused-ring (bicyclic) bond motifs is 1. The molecular formula is C20H21ClN4OS. The third-order valence-electron chi connectivity index (χ3n) is 4.90. The molecule has 0 aliphatic carbocycles. The van der Waals surface area contributed by atoms with Crippen LogP contribution >= 0.6 is 22.9 Å². The van der Waals surface area contributed by atoms with Gasteiger partial charge in [-0.05, 0) is 50.8 Å². The number of carbonyl (C=O) groups excluding carboxylic acids is 1. The summed E-state index contributed by atoms with van der Waals surface area (Å²) in [5.41, 5.74) is 2.31. The molecule has 140 valence electrons. The number of nitrogens with one attached hydrogen (secondary N) is 1. The number of halogens is 1. The number of hydrogen-bond donors (Lipinski definition) is 1. The van der Waals surface area contributed by atoms with Crippen molar-refractivity contribution in [1.29, 1.82) is 0 Å². The first-order chi connectivity index (χ1) is 13.0. The standard InChI is InChI=1S/C20H21ClN4OS/c1-12-6-7-15(14(21)10-12)24-19(26)16-13(2)27-20-17(16)18(22-11-23-20)25-8-4-3-5-9-25/h6-7,10-11H,3-5,8-9H2,1-2H3,(H,24,26). The lowest BCUT2D eigenvalue weighted by molar-refractivity contribution is 0.102. The number of carbonyl (C=O) groups is 1. The van der Waals surface area contributed by atoms with Gasteiger partial charge in [-0.15, -0.1) is 11.3 Å². The Labute approximate surface area is 167 Å². The van der Waals surface area contributed by atoms with Crippen molar-refractivity contribution in [2.75, 3.05) is 23.3 Å². The van der Waals surface area contributed by atoms with Gasteiger partial charge in [0, 0.05) is 18.0 Å². The second-order valence-corrected chi connectivity index (χ2v) is 8.51. The van der Waals surface area contributed by atoms with Crippen LogP contribution in [0, 0.1) is 13.8 Å². The molecule has 7 heteroatoms. The molecule has 1 aliphatic rings. The number of aryl methyl sites for hydroxylation is 2. The van der Waals surface area contributed by atoms with Gasteiger partial charge in [-0.3, -0.25) is 4.79 Å². The Kier molecular flexibility index (Phi) is 5.02. The van der Waals surface area contributed by atoms with Crippen LogP contribution in [-0.4, -0.2) is 29.0 Å². The van der Waals surface area contributed by atoms with Gasteiger partial charge in [0.05, 0.1) is 21.7 Å². The summed E-state index contributed by atoms with van der Waals surface area (Å²) in [6.07, 6.45) is 5.14. The van der Waals surface area contributed by atoms with Crippen molar-refractivity contribution >= 4 is 50.6 Å². The lowest BCUT2D eigenvalue weighted by Gasteiger charge is -2.28. The summed E-state index contributed by atoms with van der Waals surface area (Å²) < 4.78 is 0. The predicted octanol–water partition coefficient (Wildman–Crippen LogP) is 5.20. The van der Waals surface area contributed by atoms with E-state index in [-0.39, 0.29) is 5.91 Å². The maximum atomic E-state index is 13.1. The molecule has 0 radical (unpaired) electrons. The quantitative estimate of drug-likeness (QED) is 0.656. The van der Waals surface area contributed by atoms with Crippen molar-refractivity contribution in [3.63, 3.8) is 0 Å². The van der Waals surface area contributed by atoms with Crippen LogP contribution in [0.4, 0.5) is 11.5 Å². The molecule has 1 N–H and O–H groups in total. The fourth-order valence-corrected chi connectivity index (χ4v) is 4.82. The highest BCUT2D eigenvalue weighted by molar-refractivity contribution is 7.19. The smallest absolute Gasteiger partial charge is 0.257 e. The number of nitrogens with zero attached hydrogens (tertiary/aromatic N) is 3. The summed E-state index contributed by atoms with van der Waals surface area (Å²) in [5, 5.41) is 4.35. The zero-order chi connectivity index (χ0) is 19.0. The Morgan fingerprint density at radius 3 is 2.70 bits per heavy atom. The number of hydrogen-bond acceptors (Lipinski definition) is 5. The highest BCUT2D eigenvalue weighted by Gasteiger charge is 2.24. The topological polar surface area (TPSA) is 58.1 Å². The Bertz CT molecular complexity index is 1010. The van der Waals surface area contributed by atoms with E-state index in [1.165, 1.54) is 17.8 Å². The molecule has 0 unspecified atom stereocenters. The van der Waals surface area contributed by atoms with Crippen molar-refractivity contribution in [3.05, 3.63) is 45.6 Å². The second-order valence-electron chi connectivity index (χ2n) is 6.90. The van der Waals surface area contributed by atoms with Gasteiger partial charge in [-0.25, -0.2) is 9.97 Å². The minimum atomic E-state index is -0.169. The number of anilines is 2. The zero-order valence-corrected chi connectivity index (χ0v) is 17.0. The van der Waals surface area contributed by atoms with Crippen molar-refractivity contribution in [2.24, 2.45) is 0 Å². The van der Waals surface area contributed by atoms with Gasteiger partial charge in [0.15, 0.2) is 0 Å². The molecule has 4 rings (SSSR count). The van der Waals surface area contributed by atoms with E-state index in [9.17, 15) is 4.79 Å². The van der Waals surface area contributed by atoms with Gasteiger partial charge in [-0.1, -0.05) is 17.7 Å². The third kappa shape index (κ3) is 3.51. The maximum absolute atomic E-state index is 13.1. The SMILES string of the molecule is Cc1ccc(NC(=O)c2c(C)sc3ncnc(N4CCCCC4)c23)c(Cl)c1. The van der Waals surface area contributed by atoms with Gasteiger partial charge in [0.2, 0.25) is 0 Å². The predicted molar refractivity (Wildman–Crippen MR) is 112 cm³/mol. The molecule has 1 aromatic carbocycles. The van der Waals surface area contributed by atoms with Crippen LogP contribution in [0.15, 0.2) is 24.5 Å². The van der Waals surface area contributed by atoms with E-state index in [1.54, 1.807) is 6.33 Å². The minimum absolute atomic E-state index is 0.169. The van der Waals surface area contributed by atoms with Crippen LogP contribution in [-0.2, 0) is 0 Å². The molecule has 1 saturated heterocycles. The van der Waals surface area contributed by atoms with Crippen molar-refractivity contribution in [1.82, 2.24) is 9.97 Å². The molecule has 0 atom stereocenters. The lowest BCUT2D eigenvalue weighted by atomic mass is 10.1. The van der Waals surface area contributed by atoms with E-state index < -0.39 is 0 Å².